The van der Waals surface area contributed by atoms with Crippen LogP contribution in [0.15, 0.2) is 47.5 Å². The van der Waals surface area contributed by atoms with Crippen LogP contribution in [0.5, 0.6) is 0 Å². The fourth-order valence-electron chi connectivity index (χ4n) is 3.02. The summed E-state index contributed by atoms with van der Waals surface area (Å²) in [6.45, 7) is 9.32. The molecule has 5 nitrogen and oxygen atoms in total. The van der Waals surface area contributed by atoms with Gasteiger partial charge in [0, 0.05) is 12.3 Å². The summed E-state index contributed by atoms with van der Waals surface area (Å²) in [5.41, 5.74) is 12.0. The highest BCUT2D eigenvalue weighted by molar-refractivity contribution is 5.93. The average molecular weight is 384 g/mol. The lowest BCUT2D eigenvalue weighted by molar-refractivity contribution is 0.0453. The summed E-state index contributed by atoms with van der Waals surface area (Å²) in [6, 6.07) is 14.6. The highest BCUT2D eigenvalue weighted by atomic mass is 16.5. The number of nitrogens with one attached hydrogen (secondary N) is 1. The molecular formula is C23H33N3O2. The van der Waals surface area contributed by atoms with E-state index in [2.05, 4.69) is 60.6 Å². The van der Waals surface area contributed by atoms with Crippen molar-refractivity contribution in [2.45, 2.75) is 46.8 Å². The topological polar surface area (TPSA) is 68.9 Å². The van der Waals surface area contributed by atoms with Crippen LogP contribution in [0.3, 0.4) is 0 Å². The van der Waals surface area contributed by atoms with Crippen LogP contribution >= 0.6 is 0 Å². The van der Waals surface area contributed by atoms with Gasteiger partial charge in [-0.3, -0.25) is 0 Å². The molecule has 0 radical (unpaired) electrons. The van der Waals surface area contributed by atoms with Gasteiger partial charge in [-0.2, -0.15) is 0 Å². The molecule has 0 heterocycles. The zero-order valence-corrected chi connectivity index (χ0v) is 17.3. The van der Waals surface area contributed by atoms with E-state index >= 15 is 0 Å². The molecule has 28 heavy (non-hydrogen) atoms. The second-order valence-electron chi connectivity index (χ2n) is 6.55. The lowest BCUT2D eigenvalue weighted by Gasteiger charge is -2.15. The van der Waals surface area contributed by atoms with Gasteiger partial charge >= 0.3 is 0 Å². The molecule has 0 aromatic heterocycles. The number of rotatable bonds is 11. The van der Waals surface area contributed by atoms with E-state index in [4.69, 9.17) is 15.2 Å². The molecule has 0 aliphatic rings. The first-order valence-corrected chi connectivity index (χ1v) is 10.1. The summed E-state index contributed by atoms with van der Waals surface area (Å²) in [5, 5.41) is 3.31. The maximum Gasteiger partial charge on any atom is 0.193 e. The Morgan fingerprint density at radius 3 is 2.25 bits per heavy atom. The minimum atomic E-state index is 0.439. The zero-order valence-electron chi connectivity index (χ0n) is 17.3. The molecule has 0 fully saturated rings. The van der Waals surface area contributed by atoms with E-state index in [0.29, 0.717) is 32.3 Å². The number of ether oxygens (including phenoxy) is 2. The highest BCUT2D eigenvalue weighted by Gasteiger charge is 2.07. The van der Waals surface area contributed by atoms with Crippen molar-refractivity contribution in [1.82, 2.24) is 0 Å². The molecule has 2 aromatic carbocycles. The third kappa shape index (κ3) is 6.98. The smallest absolute Gasteiger partial charge is 0.193 e. The number of hydrogen-bond donors (Lipinski definition) is 2. The molecule has 0 amide bonds. The second-order valence-corrected chi connectivity index (χ2v) is 6.55. The van der Waals surface area contributed by atoms with E-state index in [1.54, 1.807) is 0 Å². The van der Waals surface area contributed by atoms with Gasteiger partial charge in [0.05, 0.1) is 26.4 Å². The fourth-order valence-corrected chi connectivity index (χ4v) is 3.02. The third-order valence-corrected chi connectivity index (χ3v) is 4.52. The van der Waals surface area contributed by atoms with Crippen molar-refractivity contribution in [2.24, 2.45) is 10.7 Å². The standard InChI is InChI=1S/C23H33N3O2/c1-4-20-11-8-12-21(5-2)22(20)26-23(24)25-16-18-9-7-10-19(15-18)17-28-14-13-27-6-3/h7-12,15H,4-6,13-14,16-17H2,1-3H3,(H3,24,25,26). The van der Waals surface area contributed by atoms with Gasteiger partial charge in [0.25, 0.3) is 0 Å². The minimum Gasteiger partial charge on any atom is -0.379 e. The monoisotopic (exact) mass is 383 g/mol. The van der Waals surface area contributed by atoms with Gasteiger partial charge in [-0.15, -0.1) is 0 Å². The molecule has 0 aliphatic heterocycles. The van der Waals surface area contributed by atoms with Gasteiger partial charge < -0.3 is 20.5 Å². The number of aliphatic imine (C=N–C) groups is 1. The number of nitrogens with two attached hydrogens (primary N) is 1. The van der Waals surface area contributed by atoms with E-state index < -0.39 is 0 Å². The predicted molar refractivity (Wildman–Crippen MR) is 117 cm³/mol. The van der Waals surface area contributed by atoms with E-state index in [-0.39, 0.29) is 0 Å². The number of para-hydroxylation sites is 1. The predicted octanol–water partition coefficient (Wildman–Crippen LogP) is 4.29. The van der Waals surface area contributed by atoms with E-state index in [0.717, 1.165) is 36.3 Å². The molecule has 0 atom stereocenters. The molecule has 0 bridgehead atoms. The molecule has 3 N–H and O–H groups in total. The number of aryl methyl sites for hydroxylation is 2. The largest absolute Gasteiger partial charge is 0.379 e. The first-order valence-electron chi connectivity index (χ1n) is 10.1. The van der Waals surface area contributed by atoms with Crippen LogP contribution < -0.4 is 11.1 Å². The summed E-state index contributed by atoms with van der Waals surface area (Å²) in [5.74, 6) is 0.439. The molecule has 5 heteroatoms. The Kier molecular flexibility index (Phi) is 9.52. The average Bonchev–Trinajstić information content (AvgIpc) is 2.72. The lowest BCUT2D eigenvalue weighted by atomic mass is 10.0. The summed E-state index contributed by atoms with van der Waals surface area (Å²) < 4.78 is 10.9. The normalized spacial score (nSPS) is 11.6. The van der Waals surface area contributed by atoms with Gasteiger partial charge in [-0.1, -0.05) is 56.3 Å². The maximum atomic E-state index is 6.17. The quantitative estimate of drug-likeness (QED) is 0.345. The van der Waals surface area contributed by atoms with Gasteiger partial charge in [-0.25, -0.2) is 4.99 Å². The third-order valence-electron chi connectivity index (χ3n) is 4.52. The Hall–Kier alpha value is -2.37. The summed E-state index contributed by atoms with van der Waals surface area (Å²) in [6.07, 6.45) is 1.91. The van der Waals surface area contributed by atoms with Crippen LogP contribution in [0.1, 0.15) is 43.0 Å². The van der Waals surface area contributed by atoms with Gasteiger partial charge in [0.1, 0.15) is 0 Å². The summed E-state index contributed by atoms with van der Waals surface area (Å²) >= 11 is 0. The summed E-state index contributed by atoms with van der Waals surface area (Å²) in [4.78, 5) is 4.52. The number of guanidine groups is 1. The van der Waals surface area contributed by atoms with Gasteiger partial charge in [0.2, 0.25) is 0 Å². The van der Waals surface area contributed by atoms with Crippen molar-refractivity contribution in [3.8, 4) is 0 Å². The van der Waals surface area contributed by atoms with Crippen LogP contribution in [-0.4, -0.2) is 25.8 Å². The Labute approximate surface area is 169 Å². The molecule has 0 aliphatic carbocycles. The van der Waals surface area contributed by atoms with Crippen LogP contribution in [0.25, 0.3) is 0 Å². The van der Waals surface area contributed by atoms with E-state index in [9.17, 15) is 0 Å². The molecule has 152 valence electrons. The van der Waals surface area contributed by atoms with Crippen molar-refractivity contribution in [2.75, 3.05) is 25.1 Å². The molecule has 0 spiro atoms. The van der Waals surface area contributed by atoms with Crippen molar-refractivity contribution >= 4 is 11.6 Å². The Balaban J connectivity index is 1.95. The molecule has 0 saturated heterocycles. The first kappa shape index (κ1) is 21.9. The van der Waals surface area contributed by atoms with Crippen LogP contribution in [0.2, 0.25) is 0 Å². The Morgan fingerprint density at radius 2 is 1.57 bits per heavy atom. The number of anilines is 1. The number of nitrogens with zero attached hydrogens (tertiary/aromatic N) is 1. The van der Waals surface area contributed by atoms with Crippen LogP contribution in [-0.2, 0) is 35.5 Å². The Bertz CT molecular complexity index is 737. The van der Waals surface area contributed by atoms with E-state index in [1.807, 2.05) is 13.0 Å². The van der Waals surface area contributed by atoms with Gasteiger partial charge in [-0.05, 0) is 42.0 Å². The maximum absolute atomic E-state index is 6.17. The van der Waals surface area contributed by atoms with Crippen molar-refractivity contribution in [3.05, 3.63) is 64.7 Å². The second kappa shape index (κ2) is 12.2. The lowest BCUT2D eigenvalue weighted by Crippen LogP contribution is -2.24. The molecule has 0 saturated carbocycles. The molecule has 2 rings (SSSR count). The Morgan fingerprint density at radius 1 is 0.929 bits per heavy atom. The van der Waals surface area contributed by atoms with Crippen molar-refractivity contribution in [1.29, 1.82) is 0 Å². The molecule has 0 unspecified atom stereocenters. The number of hydrogen-bond acceptors (Lipinski definition) is 3. The molecular weight excluding hydrogens is 350 g/mol. The SMILES string of the molecule is CCOCCOCc1cccc(CN=C(N)Nc2c(CC)cccc2CC)c1. The zero-order chi connectivity index (χ0) is 20.2. The minimum absolute atomic E-state index is 0.439. The molecule has 2 aromatic rings. The fraction of sp³-hybridized carbons (Fsp3) is 0.435. The highest BCUT2D eigenvalue weighted by Crippen LogP contribution is 2.22. The summed E-state index contributed by atoms with van der Waals surface area (Å²) in [7, 11) is 0. The number of benzene rings is 2. The van der Waals surface area contributed by atoms with Crippen LogP contribution in [0.4, 0.5) is 5.69 Å². The van der Waals surface area contributed by atoms with Crippen LogP contribution in [0, 0.1) is 0 Å². The van der Waals surface area contributed by atoms with Crippen molar-refractivity contribution < 1.29 is 9.47 Å². The van der Waals surface area contributed by atoms with Crippen molar-refractivity contribution in [3.63, 3.8) is 0 Å². The first-order chi connectivity index (χ1) is 13.7. The van der Waals surface area contributed by atoms with Gasteiger partial charge in [0.15, 0.2) is 5.96 Å². The van der Waals surface area contributed by atoms with E-state index in [1.165, 1.54) is 11.1 Å².